The number of benzene rings is 3. The molecule has 0 fully saturated rings. The molecule has 33 heavy (non-hydrogen) atoms. The van der Waals surface area contributed by atoms with Gasteiger partial charge in [0.25, 0.3) is 11.8 Å². The average molecular weight is 445 g/mol. The minimum Gasteiger partial charge on any atom is -0.494 e. The van der Waals surface area contributed by atoms with Gasteiger partial charge in [-0.3, -0.25) is 9.59 Å². The summed E-state index contributed by atoms with van der Waals surface area (Å²) in [4.78, 5) is 28.3. The Morgan fingerprint density at radius 2 is 1.67 bits per heavy atom. The lowest BCUT2D eigenvalue weighted by Crippen LogP contribution is -2.33. The van der Waals surface area contributed by atoms with Gasteiger partial charge in [0.05, 0.1) is 17.9 Å². The van der Waals surface area contributed by atoms with Crippen molar-refractivity contribution in [2.75, 3.05) is 16.8 Å². The predicted octanol–water partition coefficient (Wildman–Crippen LogP) is 5.63. The molecule has 1 aliphatic heterocycles. The van der Waals surface area contributed by atoms with Crippen molar-refractivity contribution in [3.8, 4) is 5.75 Å². The third-order valence-electron chi connectivity index (χ3n) is 5.61. The molecule has 2 amide bonds. The van der Waals surface area contributed by atoms with E-state index >= 15 is 0 Å². The molecule has 1 aliphatic rings. The minimum atomic E-state index is -0.487. The summed E-state index contributed by atoms with van der Waals surface area (Å²) in [5, 5.41) is 2.99. The molecule has 0 radical (unpaired) electrons. The van der Waals surface area contributed by atoms with Crippen molar-refractivity contribution in [3.63, 3.8) is 0 Å². The zero-order chi connectivity index (χ0) is 23.5. The molecule has 0 atom stereocenters. The molecule has 5 nitrogen and oxygen atoms in total. The number of nitrogens with zero attached hydrogens (tertiary/aromatic N) is 1. The summed E-state index contributed by atoms with van der Waals surface area (Å²) in [6.45, 7) is 6.42. The second-order valence-electron chi connectivity index (χ2n) is 7.92. The quantitative estimate of drug-likeness (QED) is 0.480. The Morgan fingerprint density at radius 3 is 2.36 bits per heavy atom. The topological polar surface area (TPSA) is 58.6 Å². The molecule has 0 saturated carbocycles. The molecule has 0 aliphatic carbocycles. The van der Waals surface area contributed by atoms with Crippen LogP contribution in [0, 0.1) is 19.7 Å². The van der Waals surface area contributed by atoms with Crippen molar-refractivity contribution >= 4 is 28.8 Å². The fourth-order valence-electron chi connectivity index (χ4n) is 3.76. The third-order valence-corrected chi connectivity index (χ3v) is 5.61. The van der Waals surface area contributed by atoms with Crippen molar-refractivity contribution in [2.45, 2.75) is 27.2 Å². The highest BCUT2D eigenvalue weighted by Crippen LogP contribution is 2.36. The van der Waals surface area contributed by atoms with E-state index in [2.05, 4.69) is 5.32 Å². The minimum absolute atomic E-state index is 0.105. The standard InChI is InChI=1S/C27H25FN2O3/c1-4-15-33-22-13-11-19(12-14-22)24-25(29-21-9-6-8-20(28)16-21)27(32)30(26(24)31)23-10-5-7-17(2)18(23)3/h5-14,16,29H,4,15H2,1-3H3. The second-order valence-corrected chi connectivity index (χ2v) is 7.92. The number of anilines is 2. The van der Waals surface area contributed by atoms with Crippen molar-refractivity contribution in [2.24, 2.45) is 0 Å². The molecule has 0 spiro atoms. The van der Waals surface area contributed by atoms with E-state index in [1.54, 1.807) is 42.5 Å². The van der Waals surface area contributed by atoms with Gasteiger partial charge in [-0.1, -0.05) is 37.3 Å². The van der Waals surface area contributed by atoms with Crippen molar-refractivity contribution in [1.29, 1.82) is 0 Å². The van der Waals surface area contributed by atoms with Crippen LogP contribution in [0.2, 0.25) is 0 Å². The number of hydrogen-bond donors (Lipinski definition) is 1. The smallest absolute Gasteiger partial charge is 0.282 e. The van der Waals surface area contributed by atoms with Gasteiger partial charge in [-0.05, 0) is 73.4 Å². The van der Waals surface area contributed by atoms with E-state index in [-0.39, 0.29) is 11.3 Å². The maximum atomic E-state index is 13.8. The van der Waals surface area contributed by atoms with E-state index in [1.807, 2.05) is 32.9 Å². The number of halogens is 1. The van der Waals surface area contributed by atoms with Gasteiger partial charge in [0, 0.05) is 5.69 Å². The molecular formula is C27H25FN2O3. The maximum Gasteiger partial charge on any atom is 0.282 e. The van der Waals surface area contributed by atoms with Gasteiger partial charge < -0.3 is 10.1 Å². The van der Waals surface area contributed by atoms with Crippen LogP contribution in [0.15, 0.2) is 72.4 Å². The molecule has 4 rings (SSSR count). The zero-order valence-electron chi connectivity index (χ0n) is 18.8. The van der Waals surface area contributed by atoms with Crippen LogP contribution in [0.3, 0.4) is 0 Å². The number of carbonyl (C=O) groups is 2. The first-order valence-corrected chi connectivity index (χ1v) is 10.9. The average Bonchev–Trinajstić information content (AvgIpc) is 3.04. The van der Waals surface area contributed by atoms with Crippen molar-refractivity contribution < 1.29 is 18.7 Å². The lowest BCUT2D eigenvalue weighted by molar-refractivity contribution is -0.120. The molecule has 6 heteroatoms. The van der Waals surface area contributed by atoms with Crippen molar-refractivity contribution in [1.82, 2.24) is 0 Å². The monoisotopic (exact) mass is 444 g/mol. The number of ether oxygens (including phenoxy) is 1. The van der Waals surface area contributed by atoms with Crippen LogP contribution in [0.25, 0.3) is 5.57 Å². The van der Waals surface area contributed by atoms with Gasteiger partial charge in [-0.2, -0.15) is 0 Å². The van der Waals surface area contributed by atoms with Crippen LogP contribution in [0.4, 0.5) is 15.8 Å². The van der Waals surface area contributed by atoms with Crippen LogP contribution in [-0.4, -0.2) is 18.4 Å². The van der Waals surface area contributed by atoms with Gasteiger partial charge in [0.15, 0.2) is 0 Å². The van der Waals surface area contributed by atoms with E-state index < -0.39 is 17.6 Å². The van der Waals surface area contributed by atoms with E-state index in [0.29, 0.717) is 29.3 Å². The first kappa shape index (κ1) is 22.3. The predicted molar refractivity (Wildman–Crippen MR) is 128 cm³/mol. The highest BCUT2D eigenvalue weighted by Gasteiger charge is 2.41. The van der Waals surface area contributed by atoms with Gasteiger partial charge in [0.1, 0.15) is 17.3 Å². The largest absolute Gasteiger partial charge is 0.494 e. The van der Waals surface area contributed by atoms with Crippen LogP contribution < -0.4 is 15.0 Å². The number of hydrogen-bond acceptors (Lipinski definition) is 4. The molecule has 1 N–H and O–H groups in total. The number of aryl methyl sites for hydroxylation is 1. The summed E-state index contributed by atoms with van der Waals surface area (Å²) >= 11 is 0. The maximum absolute atomic E-state index is 13.8. The summed E-state index contributed by atoms with van der Waals surface area (Å²) in [5.74, 6) is -0.680. The van der Waals surface area contributed by atoms with Crippen LogP contribution in [0.1, 0.15) is 30.0 Å². The molecule has 0 saturated heterocycles. The molecule has 0 unspecified atom stereocenters. The number of nitrogens with one attached hydrogen (secondary N) is 1. The Kier molecular flexibility index (Phi) is 6.27. The fraction of sp³-hybridized carbons (Fsp3) is 0.185. The lowest BCUT2D eigenvalue weighted by atomic mass is 10.0. The Bertz CT molecular complexity index is 1250. The van der Waals surface area contributed by atoms with Gasteiger partial charge in [-0.15, -0.1) is 0 Å². The summed E-state index contributed by atoms with van der Waals surface area (Å²) < 4.78 is 19.4. The Balaban J connectivity index is 1.79. The summed E-state index contributed by atoms with van der Waals surface area (Å²) in [6, 6.07) is 18.3. The molecule has 0 aromatic heterocycles. The molecule has 3 aromatic rings. The van der Waals surface area contributed by atoms with E-state index in [1.165, 1.54) is 17.0 Å². The SMILES string of the molecule is CCCOc1ccc(C2=C(Nc3cccc(F)c3)C(=O)N(c3cccc(C)c3C)C2=O)cc1. The first-order chi connectivity index (χ1) is 15.9. The van der Waals surface area contributed by atoms with Crippen molar-refractivity contribution in [3.05, 3.63) is 94.9 Å². The Hall–Kier alpha value is -3.93. The molecule has 168 valence electrons. The van der Waals surface area contributed by atoms with E-state index in [9.17, 15) is 14.0 Å². The zero-order valence-corrected chi connectivity index (χ0v) is 18.8. The Labute approximate surface area is 192 Å². The highest BCUT2D eigenvalue weighted by molar-refractivity contribution is 6.46. The molecule has 3 aromatic carbocycles. The van der Waals surface area contributed by atoms with E-state index in [4.69, 9.17) is 4.74 Å². The summed E-state index contributed by atoms with van der Waals surface area (Å²) in [6.07, 6.45) is 0.881. The molecular weight excluding hydrogens is 419 g/mol. The van der Waals surface area contributed by atoms with Crippen LogP contribution in [-0.2, 0) is 9.59 Å². The number of carbonyl (C=O) groups excluding carboxylic acids is 2. The lowest BCUT2D eigenvalue weighted by Gasteiger charge is -2.19. The van der Waals surface area contributed by atoms with E-state index in [0.717, 1.165) is 17.5 Å². The first-order valence-electron chi connectivity index (χ1n) is 10.9. The summed E-state index contributed by atoms with van der Waals surface area (Å²) in [5.41, 5.74) is 3.63. The second kappa shape index (κ2) is 9.28. The van der Waals surface area contributed by atoms with Gasteiger partial charge in [-0.25, -0.2) is 9.29 Å². The highest BCUT2D eigenvalue weighted by atomic mass is 19.1. The van der Waals surface area contributed by atoms with Gasteiger partial charge >= 0.3 is 0 Å². The fourth-order valence-corrected chi connectivity index (χ4v) is 3.76. The Morgan fingerprint density at radius 1 is 0.939 bits per heavy atom. The number of imide groups is 1. The normalized spacial score (nSPS) is 13.6. The van der Waals surface area contributed by atoms with Crippen LogP contribution in [0.5, 0.6) is 5.75 Å². The number of amides is 2. The summed E-state index contributed by atoms with van der Waals surface area (Å²) in [7, 11) is 0. The third kappa shape index (κ3) is 4.37. The molecule has 1 heterocycles. The molecule has 0 bridgehead atoms. The van der Waals surface area contributed by atoms with Crippen LogP contribution >= 0.6 is 0 Å². The van der Waals surface area contributed by atoms with Gasteiger partial charge in [0.2, 0.25) is 0 Å². The number of rotatable bonds is 7.